The van der Waals surface area contributed by atoms with Crippen LogP contribution in [-0.4, -0.2) is 44.5 Å². The van der Waals surface area contributed by atoms with Gasteiger partial charge in [0.25, 0.3) is 0 Å². The Labute approximate surface area is 101 Å². The van der Waals surface area contributed by atoms with Gasteiger partial charge in [0, 0.05) is 23.6 Å². The number of aromatic nitrogens is 3. The fraction of sp³-hybridized carbons (Fsp3) is 0. The molecule has 4 N–H and O–H groups in total. The van der Waals surface area contributed by atoms with Crippen molar-refractivity contribution >= 4 is 71.0 Å². The average Bonchev–Trinajstić information content (AvgIpc) is 2.03. The van der Waals surface area contributed by atoms with Gasteiger partial charge in [-0.1, -0.05) is 0 Å². The molecular weight excluding hydrogens is 214 g/mol. The zero-order valence-corrected chi connectivity index (χ0v) is 6.69. The van der Waals surface area contributed by atoms with E-state index in [1.807, 2.05) is 0 Å². The minimum absolute atomic E-state index is 0. The van der Waals surface area contributed by atoms with E-state index < -0.39 is 0 Å². The topological polar surface area (TPSA) is 88.8 Å². The Kier molecular flexibility index (Phi) is 5.60. The first kappa shape index (κ1) is 12.0. The molecule has 12 heavy (non-hydrogen) atoms. The van der Waals surface area contributed by atoms with Crippen LogP contribution in [0.2, 0.25) is 0 Å². The Morgan fingerprint density at radius 1 is 1.00 bits per heavy atom. The van der Waals surface area contributed by atoms with Gasteiger partial charge >= 0.3 is 29.6 Å². The Morgan fingerprint density at radius 2 is 1.42 bits per heavy atom. The van der Waals surface area contributed by atoms with Gasteiger partial charge in [0.15, 0.2) is 0 Å². The quantitative estimate of drug-likeness (QED) is 0.476. The van der Waals surface area contributed by atoms with Crippen LogP contribution < -0.4 is 15.4 Å². The maximum atomic E-state index is 5.25. The number of anilines is 3. The molecule has 1 rings (SSSR count). The summed E-state index contributed by atoms with van der Waals surface area (Å²) in [5.74, 6) is 0.316. The Balaban J connectivity index is 0.00000121. The first-order chi connectivity index (χ1) is 5.26. The van der Waals surface area contributed by atoms with E-state index in [2.05, 4.69) is 24.6 Å². The number of rotatable bonds is 2. The molecule has 0 amide bonds. The van der Waals surface area contributed by atoms with Gasteiger partial charge in [-0.15, -0.1) is 0 Å². The van der Waals surface area contributed by atoms with Crippen LogP contribution in [0.5, 0.6) is 0 Å². The number of hydrogen-bond donors (Lipinski definition) is 3. The summed E-state index contributed by atoms with van der Waals surface area (Å²) in [5, 5.41) is 0. The molecule has 0 aliphatic rings. The van der Waals surface area contributed by atoms with Crippen molar-refractivity contribution in [3.63, 3.8) is 0 Å². The van der Waals surface area contributed by atoms with Gasteiger partial charge in [0.1, 0.15) is 0 Å². The van der Waals surface area contributed by atoms with Crippen LogP contribution in [-0.2, 0) is 0 Å². The molecule has 0 unspecified atom stereocenters. The van der Waals surface area contributed by atoms with Crippen molar-refractivity contribution in [2.75, 3.05) is 15.4 Å². The Bertz CT molecular complexity index is 234. The van der Waals surface area contributed by atoms with Crippen molar-refractivity contribution in [2.24, 2.45) is 0 Å². The van der Waals surface area contributed by atoms with Gasteiger partial charge in [-0.25, -0.2) is 0 Å². The molecule has 1 aromatic rings. The molecule has 0 bridgehead atoms. The van der Waals surface area contributed by atoms with Crippen LogP contribution in [0.4, 0.5) is 17.8 Å². The fourth-order valence-corrected chi connectivity index (χ4v) is 0.646. The SMILES string of the molecule is Nc1nc(NCl)nc(NCl)n1.[NaH]. The summed E-state index contributed by atoms with van der Waals surface area (Å²) in [4.78, 5) is 15.3. The van der Waals surface area contributed by atoms with Crippen molar-refractivity contribution in [2.45, 2.75) is 0 Å². The number of nitrogens with one attached hydrogen (secondary N) is 2. The monoisotopic (exact) mass is 218 g/mol. The fourth-order valence-electron chi connectivity index (χ4n) is 0.477. The number of nitrogen functional groups attached to an aromatic ring is 1. The van der Waals surface area contributed by atoms with E-state index >= 15 is 0 Å². The summed E-state index contributed by atoms with van der Waals surface area (Å²) >= 11 is 10.4. The normalized spacial score (nSPS) is 8.50. The molecule has 0 radical (unpaired) electrons. The van der Waals surface area contributed by atoms with Crippen molar-refractivity contribution in [1.82, 2.24) is 15.0 Å². The number of nitrogens with zero attached hydrogens (tertiary/aromatic N) is 3. The molecule has 0 aliphatic carbocycles. The van der Waals surface area contributed by atoms with E-state index in [1.54, 1.807) is 0 Å². The zero-order chi connectivity index (χ0) is 8.27. The van der Waals surface area contributed by atoms with Crippen molar-refractivity contribution < 1.29 is 0 Å². The van der Waals surface area contributed by atoms with E-state index in [4.69, 9.17) is 29.3 Å². The van der Waals surface area contributed by atoms with Crippen molar-refractivity contribution in [1.29, 1.82) is 0 Å². The average molecular weight is 219 g/mol. The summed E-state index contributed by atoms with van der Waals surface area (Å²) in [5.41, 5.74) is 5.25. The molecule has 0 saturated heterocycles. The number of halogens is 2. The summed E-state index contributed by atoms with van der Waals surface area (Å²) in [6, 6.07) is 0. The molecule has 1 aromatic heterocycles. The van der Waals surface area contributed by atoms with E-state index in [0.717, 1.165) is 0 Å². The van der Waals surface area contributed by atoms with E-state index in [1.165, 1.54) is 0 Å². The number of nitrogens with two attached hydrogens (primary N) is 1. The molecule has 0 aliphatic heterocycles. The van der Waals surface area contributed by atoms with Crippen LogP contribution in [0.3, 0.4) is 0 Å². The van der Waals surface area contributed by atoms with Gasteiger partial charge in [-0.2, -0.15) is 15.0 Å². The van der Waals surface area contributed by atoms with Gasteiger partial charge < -0.3 is 5.73 Å². The van der Waals surface area contributed by atoms with E-state index in [9.17, 15) is 0 Å². The summed E-state index contributed by atoms with van der Waals surface area (Å²) in [7, 11) is 0. The van der Waals surface area contributed by atoms with Crippen LogP contribution in [0, 0.1) is 0 Å². The second kappa shape index (κ2) is 5.60. The molecule has 9 heteroatoms. The Morgan fingerprint density at radius 3 is 1.75 bits per heavy atom. The van der Waals surface area contributed by atoms with Crippen LogP contribution in [0.1, 0.15) is 0 Å². The summed E-state index contributed by atoms with van der Waals surface area (Å²) in [6.07, 6.45) is 0. The molecule has 62 valence electrons. The zero-order valence-electron chi connectivity index (χ0n) is 5.17. The molecule has 0 saturated carbocycles. The van der Waals surface area contributed by atoms with Gasteiger partial charge in [-0.3, -0.25) is 9.67 Å². The second-order valence-corrected chi connectivity index (χ2v) is 1.91. The summed E-state index contributed by atoms with van der Waals surface area (Å²) in [6.45, 7) is 0. The number of hydrogen-bond acceptors (Lipinski definition) is 6. The third kappa shape index (κ3) is 3.16. The van der Waals surface area contributed by atoms with Crippen LogP contribution in [0.25, 0.3) is 0 Å². The van der Waals surface area contributed by atoms with Crippen LogP contribution in [0.15, 0.2) is 0 Å². The first-order valence-electron chi connectivity index (χ1n) is 2.51. The molecular formula is C3H5Cl2N6Na. The molecule has 0 aromatic carbocycles. The minimum atomic E-state index is 0. The second-order valence-electron chi connectivity index (χ2n) is 1.53. The first-order valence-corrected chi connectivity index (χ1v) is 3.26. The molecule has 1 heterocycles. The Hall–Kier alpha value is -0.0100. The third-order valence-electron chi connectivity index (χ3n) is 0.822. The summed E-state index contributed by atoms with van der Waals surface area (Å²) < 4.78 is 0. The molecule has 6 nitrogen and oxygen atoms in total. The van der Waals surface area contributed by atoms with Crippen LogP contribution >= 0.6 is 23.6 Å². The van der Waals surface area contributed by atoms with E-state index in [-0.39, 0.29) is 47.4 Å². The van der Waals surface area contributed by atoms with Gasteiger partial charge in [0.2, 0.25) is 17.8 Å². The van der Waals surface area contributed by atoms with Gasteiger partial charge in [0.05, 0.1) is 0 Å². The molecule has 0 fully saturated rings. The molecule has 0 spiro atoms. The standard InChI is InChI=1S/C3H4Cl2N6.Na.H/c4-10-2-7-1(6)8-3(9-2)11-5;;/h(H4,6,7,8,9,10,11);;. The molecule has 0 atom stereocenters. The maximum absolute atomic E-state index is 5.25. The predicted octanol–water partition coefficient (Wildman–Crippen LogP) is -0.0633. The predicted molar refractivity (Wildman–Crippen MR) is 50.3 cm³/mol. The van der Waals surface area contributed by atoms with Crippen molar-refractivity contribution in [3.05, 3.63) is 0 Å². The van der Waals surface area contributed by atoms with Gasteiger partial charge in [-0.05, 0) is 0 Å². The van der Waals surface area contributed by atoms with E-state index in [0.29, 0.717) is 0 Å². The van der Waals surface area contributed by atoms with Crippen molar-refractivity contribution in [3.8, 4) is 0 Å². The third-order valence-corrected chi connectivity index (χ3v) is 1.16.